The molecular weight excluding hydrogens is 338 g/mol. The fourth-order valence-corrected chi connectivity index (χ4v) is 2.69. The highest BCUT2D eigenvalue weighted by Gasteiger charge is 2.25. The highest BCUT2D eigenvalue weighted by molar-refractivity contribution is 5.95. The number of benzene rings is 2. The normalized spacial score (nSPS) is 12.9. The number of nitrogens with one attached hydrogen (secondary N) is 2. The molecule has 2 aromatic rings. The van der Waals surface area contributed by atoms with Crippen LogP contribution in [0.3, 0.4) is 0 Å². The number of hydrogen-bond donors (Lipinski definition) is 2. The first-order valence-electron chi connectivity index (χ1n) is 8.50. The van der Waals surface area contributed by atoms with Crippen molar-refractivity contribution in [1.29, 1.82) is 0 Å². The summed E-state index contributed by atoms with van der Waals surface area (Å²) in [7, 11) is 0. The Balaban J connectivity index is 1.98. The van der Waals surface area contributed by atoms with Crippen LogP contribution in [0.15, 0.2) is 48.5 Å². The van der Waals surface area contributed by atoms with E-state index in [0.717, 1.165) is 24.1 Å². The highest BCUT2D eigenvalue weighted by Crippen LogP contribution is 2.27. The molecule has 6 heteroatoms. The van der Waals surface area contributed by atoms with Gasteiger partial charge < -0.3 is 10.6 Å². The molecular formula is C20H22F2N2O2. The van der Waals surface area contributed by atoms with Crippen LogP contribution < -0.4 is 10.6 Å². The third-order valence-electron chi connectivity index (χ3n) is 4.28. The lowest BCUT2D eigenvalue weighted by atomic mass is 9.85. The lowest BCUT2D eigenvalue weighted by Gasteiger charge is -2.22. The molecule has 4 nitrogen and oxygen atoms in total. The van der Waals surface area contributed by atoms with Gasteiger partial charge in [-0.1, -0.05) is 50.6 Å². The monoisotopic (exact) mass is 360 g/mol. The maximum Gasteiger partial charge on any atom is 0.243 e. The van der Waals surface area contributed by atoms with E-state index >= 15 is 0 Å². The Bertz CT molecular complexity index is 766. The summed E-state index contributed by atoms with van der Waals surface area (Å²) >= 11 is 0. The minimum absolute atomic E-state index is 0.103. The molecule has 2 atom stereocenters. The second-order valence-electron chi connectivity index (χ2n) is 6.17. The van der Waals surface area contributed by atoms with E-state index in [2.05, 4.69) is 10.6 Å². The zero-order chi connectivity index (χ0) is 19.1. The molecule has 0 bridgehead atoms. The lowest BCUT2D eigenvalue weighted by molar-refractivity contribution is -0.126. The summed E-state index contributed by atoms with van der Waals surface area (Å²) in [6.07, 6.45) is 0.814. The Hall–Kier alpha value is -2.76. The number of anilines is 1. The minimum Gasteiger partial charge on any atom is -0.346 e. The number of rotatable bonds is 7. The molecule has 0 fully saturated rings. The van der Waals surface area contributed by atoms with Crippen LogP contribution in [0, 0.1) is 17.6 Å². The van der Waals surface area contributed by atoms with Crippen LogP contribution in [0.2, 0.25) is 0 Å². The van der Waals surface area contributed by atoms with Crippen molar-refractivity contribution in [2.24, 2.45) is 5.92 Å². The summed E-state index contributed by atoms with van der Waals surface area (Å²) in [5.41, 5.74) is 1.02. The molecule has 0 radical (unpaired) electrons. The molecule has 0 aliphatic carbocycles. The van der Waals surface area contributed by atoms with E-state index in [0.29, 0.717) is 0 Å². The SMILES string of the molecule is CC[C@@H](C)[C@@H](C(=O)NCC(=O)Nc1ccc(F)c(F)c1)c1ccccc1. The van der Waals surface area contributed by atoms with Crippen LogP contribution in [0.1, 0.15) is 31.7 Å². The minimum atomic E-state index is -1.05. The van der Waals surface area contributed by atoms with Crippen LogP contribution in [0.5, 0.6) is 0 Å². The summed E-state index contributed by atoms with van der Waals surface area (Å²) in [6, 6.07) is 12.5. The quantitative estimate of drug-likeness (QED) is 0.788. The van der Waals surface area contributed by atoms with E-state index < -0.39 is 17.5 Å². The number of hydrogen-bond acceptors (Lipinski definition) is 2. The molecule has 0 unspecified atom stereocenters. The average molecular weight is 360 g/mol. The van der Waals surface area contributed by atoms with E-state index in [4.69, 9.17) is 0 Å². The topological polar surface area (TPSA) is 58.2 Å². The highest BCUT2D eigenvalue weighted by atomic mass is 19.2. The average Bonchev–Trinajstić information content (AvgIpc) is 2.64. The van der Waals surface area contributed by atoms with Crippen molar-refractivity contribution in [2.75, 3.05) is 11.9 Å². The van der Waals surface area contributed by atoms with Gasteiger partial charge in [-0.3, -0.25) is 9.59 Å². The zero-order valence-corrected chi connectivity index (χ0v) is 14.8. The van der Waals surface area contributed by atoms with Gasteiger partial charge >= 0.3 is 0 Å². The lowest BCUT2D eigenvalue weighted by Crippen LogP contribution is -2.37. The molecule has 0 saturated carbocycles. The van der Waals surface area contributed by atoms with Crippen molar-refractivity contribution in [3.8, 4) is 0 Å². The van der Waals surface area contributed by atoms with E-state index in [1.54, 1.807) is 0 Å². The van der Waals surface area contributed by atoms with Crippen molar-refractivity contribution in [3.05, 3.63) is 65.7 Å². The van der Waals surface area contributed by atoms with Crippen molar-refractivity contribution in [1.82, 2.24) is 5.32 Å². The maximum absolute atomic E-state index is 13.2. The molecule has 0 saturated heterocycles. The Kier molecular flexibility index (Phi) is 6.83. The van der Waals surface area contributed by atoms with E-state index in [-0.39, 0.29) is 30.0 Å². The molecule has 138 valence electrons. The maximum atomic E-state index is 13.2. The third kappa shape index (κ3) is 5.12. The van der Waals surface area contributed by atoms with E-state index in [9.17, 15) is 18.4 Å². The molecule has 2 rings (SSSR count). The molecule has 2 aromatic carbocycles. The predicted octanol–water partition coefficient (Wildman–Crippen LogP) is 3.85. The van der Waals surface area contributed by atoms with Gasteiger partial charge in [-0.2, -0.15) is 0 Å². The molecule has 2 N–H and O–H groups in total. The van der Waals surface area contributed by atoms with E-state index in [1.165, 1.54) is 6.07 Å². The molecule has 2 amide bonds. The van der Waals surface area contributed by atoms with Crippen molar-refractivity contribution < 1.29 is 18.4 Å². The van der Waals surface area contributed by atoms with Gasteiger partial charge in [0.2, 0.25) is 11.8 Å². The summed E-state index contributed by atoms with van der Waals surface area (Å²) in [5.74, 6) is -3.06. The van der Waals surface area contributed by atoms with Crippen molar-refractivity contribution in [3.63, 3.8) is 0 Å². The number of amides is 2. The summed E-state index contributed by atoms with van der Waals surface area (Å²) < 4.78 is 26.1. The van der Waals surface area contributed by atoms with Gasteiger partial charge in [0.05, 0.1) is 12.5 Å². The van der Waals surface area contributed by atoms with Crippen LogP contribution in [-0.4, -0.2) is 18.4 Å². The zero-order valence-electron chi connectivity index (χ0n) is 14.8. The van der Waals surface area contributed by atoms with Gasteiger partial charge in [0.25, 0.3) is 0 Å². The number of halogens is 2. The van der Waals surface area contributed by atoms with Crippen LogP contribution in [0.25, 0.3) is 0 Å². The molecule has 0 spiro atoms. The predicted molar refractivity (Wildman–Crippen MR) is 96.6 cm³/mol. The Morgan fingerprint density at radius 1 is 1.04 bits per heavy atom. The fraction of sp³-hybridized carbons (Fsp3) is 0.300. The largest absolute Gasteiger partial charge is 0.346 e. The molecule has 0 aliphatic rings. The molecule has 0 aromatic heterocycles. The first-order valence-corrected chi connectivity index (χ1v) is 8.50. The first-order chi connectivity index (χ1) is 12.4. The first kappa shape index (κ1) is 19.6. The number of carbonyl (C=O) groups is 2. The van der Waals surface area contributed by atoms with E-state index in [1.807, 2.05) is 44.2 Å². The smallest absolute Gasteiger partial charge is 0.243 e. The summed E-state index contributed by atoms with van der Waals surface area (Å²) in [5, 5.41) is 5.05. The number of carbonyl (C=O) groups excluding carboxylic acids is 2. The molecule has 0 heterocycles. The van der Waals surface area contributed by atoms with Gasteiger partial charge in [0, 0.05) is 11.8 Å². The van der Waals surface area contributed by atoms with Gasteiger partial charge in [-0.15, -0.1) is 0 Å². The second-order valence-corrected chi connectivity index (χ2v) is 6.17. The molecule has 26 heavy (non-hydrogen) atoms. The third-order valence-corrected chi connectivity index (χ3v) is 4.28. The second kappa shape index (κ2) is 9.08. The summed E-state index contributed by atoms with van der Waals surface area (Å²) in [6.45, 7) is 3.74. The summed E-state index contributed by atoms with van der Waals surface area (Å²) in [4.78, 5) is 24.6. The van der Waals surface area contributed by atoms with Gasteiger partial charge in [0.1, 0.15) is 0 Å². The molecule has 0 aliphatic heterocycles. The van der Waals surface area contributed by atoms with Crippen LogP contribution in [0.4, 0.5) is 14.5 Å². The van der Waals surface area contributed by atoms with Crippen molar-refractivity contribution >= 4 is 17.5 Å². The van der Waals surface area contributed by atoms with Crippen molar-refractivity contribution in [2.45, 2.75) is 26.2 Å². The van der Waals surface area contributed by atoms with Crippen LogP contribution in [-0.2, 0) is 9.59 Å². The Morgan fingerprint density at radius 2 is 1.73 bits per heavy atom. The Labute approximate surface area is 151 Å². The van der Waals surface area contributed by atoms with Crippen LogP contribution >= 0.6 is 0 Å². The Morgan fingerprint density at radius 3 is 2.35 bits per heavy atom. The van der Waals surface area contributed by atoms with Gasteiger partial charge in [-0.05, 0) is 23.6 Å². The standard InChI is InChI=1S/C20H22F2N2O2/c1-3-13(2)19(14-7-5-4-6-8-14)20(26)23-12-18(25)24-15-9-10-16(21)17(22)11-15/h4-11,13,19H,3,12H2,1-2H3,(H,23,26)(H,24,25)/t13-,19-/m1/s1. The van der Waals surface area contributed by atoms with Gasteiger partial charge in [-0.25, -0.2) is 8.78 Å². The van der Waals surface area contributed by atoms with Gasteiger partial charge in [0.15, 0.2) is 11.6 Å². The fourth-order valence-electron chi connectivity index (χ4n) is 2.69.